The molecular weight excluding hydrogens is 380 g/mol. The van der Waals surface area contributed by atoms with Gasteiger partial charge in [0.05, 0.1) is 10.0 Å². The Morgan fingerprint density at radius 3 is 2.09 bits per heavy atom. The van der Waals surface area contributed by atoms with Crippen LogP contribution in [0, 0.1) is 0 Å². The van der Waals surface area contributed by atoms with E-state index in [1.54, 1.807) is 0 Å². The van der Waals surface area contributed by atoms with Gasteiger partial charge in [-0.25, -0.2) is 0 Å². The Labute approximate surface area is 139 Å². The van der Waals surface area contributed by atoms with E-state index in [4.69, 9.17) is 23.2 Å². The Morgan fingerprint density at radius 1 is 1.00 bits per heavy atom. The third-order valence-corrected chi connectivity index (χ3v) is 4.26. The van der Waals surface area contributed by atoms with E-state index in [-0.39, 0.29) is 15.8 Å². The van der Waals surface area contributed by atoms with Gasteiger partial charge in [-0.2, -0.15) is 21.6 Å². The van der Waals surface area contributed by atoms with Gasteiger partial charge in [0.1, 0.15) is 5.75 Å². The van der Waals surface area contributed by atoms with Gasteiger partial charge in [0.15, 0.2) is 5.75 Å². The molecule has 0 unspecified atom stereocenters. The molecule has 0 bridgehead atoms. The molecule has 0 aromatic heterocycles. The van der Waals surface area contributed by atoms with Crippen LogP contribution in [-0.4, -0.2) is 19.0 Å². The lowest BCUT2D eigenvalue weighted by Gasteiger charge is -2.13. The van der Waals surface area contributed by atoms with Crippen LogP contribution in [0.4, 0.5) is 13.2 Å². The predicted octanol–water partition coefficient (Wildman–Crippen LogP) is 4.59. The zero-order chi connectivity index (χ0) is 17.4. The van der Waals surface area contributed by atoms with Gasteiger partial charge < -0.3 is 9.29 Å². The molecule has 0 saturated carbocycles. The number of halogens is 5. The lowest BCUT2D eigenvalue weighted by Crippen LogP contribution is -2.28. The van der Waals surface area contributed by atoms with Crippen molar-refractivity contribution in [3.05, 3.63) is 46.4 Å². The lowest BCUT2D eigenvalue weighted by atomic mass is 10.1. The highest BCUT2D eigenvalue weighted by Crippen LogP contribution is 2.39. The molecular formula is C13H7Cl2F3O4S. The quantitative estimate of drug-likeness (QED) is 0.618. The Morgan fingerprint density at radius 2 is 1.57 bits per heavy atom. The summed E-state index contributed by atoms with van der Waals surface area (Å²) in [4.78, 5) is 0. The van der Waals surface area contributed by atoms with Crippen LogP contribution in [-0.2, 0) is 10.1 Å². The Bertz CT molecular complexity index is 834. The second-order valence-corrected chi connectivity index (χ2v) is 6.64. The van der Waals surface area contributed by atoms with Crippen LogP contribution in [0.5, 0.6) is 11.5 Å². The van der Waals surface area contributed by atoms with Crippen LogP contribution in [0.3, 0.4) is 0 Å². The molecule has 0 spiro atoms. The molecule has 0 aliphatic rings. The maximum Gasteiger partial charge on any atom is 0.534 e. The second-order valence-electron chi connectivity index (χ2n) is 4.29. The Balaban J connectivity index is 2.44. The van der Waals surface area contributed by atoms with Gasteiger partial charge >= 0.3 is 15.6 Å². The topological polar surface area (TPSA) is 63.6 Å². The fourth-order valence-electron chi connectivity index (χ4n) is 1.62. The van der Waals surface area contributed by atoms with Crippen LogP contribution < -0.4 is 4.18 Å². The first-order chi connectivity index (χ1) is 10.5. The standard InChI is InChI=1S/C13H7Cl2F3O4S/c14-10-6-12(22-23(20,21)13(16,17)18)11(15)5-9(10)7-1-3-8(19)4-2-7/h1-6,19H. The van der Waals surface area contributed by atoms with Crippen molar-refractivity contribution in [2.45, 2.75) is 5.51 Å². The third kappa shape index (κ3) is 3.82. The number of hydrogen-bond donors (Lipinski definition) is 1. The van der Waals surface area contributed by atoms with Crippen molar-refractivity contribution in [2.24, 2.45) is 0 Å². The monoisotopic (exact) mass is 386 g/mol. The van der Waals surface area contributed by atoms with Crippen LogP contribution in [0.1, 0.15) is 0 Å². The van der Waals surface area contributed by atoms with E-state index in [1.165, 1.54) is 24.3 Å². The van der Waals surface area contributed by atoms with E-state index in [0.717, 1.165) is 12.1 Å². The summed E-state index contributed by atoms with van der Waals surface area (Å²) in [5, 5.41) is 8.78. The van der Waals surface area contributed by atoms with Gasteiger partial charge in [-0.15, -0.1) is 0 Å². The summed E-state index contributed by atoms with van der Waals surface area (Å²) in [7, 11) is -5.85. The highest BCUT2D eigenvalue weighted by molar-refractivity contribution is 7.88. The van der Waals surface area contributed by atoms with Crippen molar-refractivity contribution in [3.63, 3.8) is 0 Å². The fraction of sp³-hybridized carbons (Fsp3) is 0.0769. The minimum atomic E-state index is -5.85. The average Bonchev–Trinajstić information content (AvgIpc) is 2.42. The van der Waals surface area contributed by atoms with Crippen molar-refractivity contribution >= 4 is 33.3 Å². The van der Waals surface area contributed by atoms with E-state index >= 15 is 0 Å². The summed E-state index contributed by atoms with van der Waals surface area (Å²) in [5.41, 5.74) is -4.74. The van der Waals surface area contributed by atoms with E-state index in [9.17, 15) is 26.7 Å². The maximum atomic E-state index is 12.3. The van der Waals surface area contributed by atoms with E-state index in [1.807, 2.05) is 0 Å². The van der Waals surface area contributed by atoms with Crippen LogP contribution >= 0.6 is 23.2 Å². The average molecular weight is 387 g/mol. The molecule has 23 heavy (non-hydrogen) atoms. The summed E-state index contributed by atoms with van der Waals surface area (Å²) < 4.78 is 62.9. The van der Waals surface area contributed by atoms with E-state index < -0.39 is 21.4 Å². The van der Waals surface area contributed by atoms with Crippen LogP contribution in [0.2, 0.25) is 10.0 Å². The molecule has 0 heterocycles. The van der Waals surface area contributed by atoms with Gasteiger partial charge in [0, 0.05) is 11.6 Å². The van der Waals surface area contributed by atoms with E-state index in [0.29, 0.717) is 11.1 Å². The largest absolute Gasteiger partial charge is 0.534 e. The number of hydrogen-bond acceptors (Lipinski definition) is 4. The minimum absolute atomic E-state index is 0.00666. The van der Waals surface area contributed by atoms with Gasteiger partial charge in [0.25, 0.3) is 0 Å². The number of alkyl halides is 3. The molecule has 0 aliphatic carbocycles. The first-order valence-electron chi connectivity index (χ1n) is 5.80. The van der Waals surface area contributed by atoms with Crippen LogP contribution in [0.15, 0.2) is 36.4 Å². The SMILES string of the molecule is O=S(=O)(Oc1cc(Cl)c(-c2ccc(O)cc2)cc1Cl)C(F)(F)F. The summed E-state index contributed by atoms with van der Waals surface area (Å²) in [5.74, 6) is -0.733. The number of phenolic OH excluding ortho intramolecular Hbond substituents is 1. The van der Waals surface area contributed by atoms with Gasteiger partial charge in [-0.1, -0.05) is 35.3 Å². The second kappa shape index (κ2) is 6.10. The first-order valence-corrected chi connectivity index (χ1v) is 7.97. The molecule has 0 atom stereocenters. The predicted molar refractivity (Wildman–Crippen MR) is 79.2 cm³/mol. The van der Waals surface area contributed by atoms with Crippen molar-refractivity contribution in [1.29, 1.82) is 0 Å². The molecule has 10 heteroatoms. The van der Waals surface area contributed by atoms with Crippen molar-refractivity contribution in [2.75, 3.05) is 0 Å². The van der Waals surface area contributed by atoms with Crippen molar-refractivity contribution in [3.8, 4) is 22.6 Å². The normalized spacial score (nSPS) is 12.2. The molecule has 0 amide bonds. The van der Waals surface area contributed by atoms with E-state index in [2.05, 4.69) is 4.18 Å². The maximum absolute atomic E-state index is 12.3. The van der Waals surface area contributed by atoms with Crippen molar-refractivity contribution in [1.82, 2.24) is 0 Å². The number of rotatable bonds is 3. The molecule has 2 aromatic carbocycles. The molecule has 0 saturated heterocycles. The number of aromatic hydroxyl groups is 1. The molecule has 0 radical (unpaired) electrons. The third-order valence-electron chi connectivity index (χ3n) is 2.68. The zero-order valence-electron chi connectivity index (χ0n) is 10.9. The van der Waals surface area contributed by atoms with Crippen LogP contribution in [0.25, 0.3) is 11.1 Å². The minimum Gasteiger partial charge on any atom is -0.508 e. The van der Waals surface area contributed by atoms with Gasteiger partial charge in [-0.05, 0) is 23.8 Å². The van der Waals surface area contributed by atoms with Gasteiger partial charge in [0.2, 0.25) is 0 Å². The molecule has 0 fully saturated rings. The first kappa shape index (κ1) is 17.7. The highest BCUT2D eigenvalue weighted by Gasteiger charge is 2.48. The summed E-state index contributed by atoms with van der Waals surface area (Å²) in [6, 6.07) is 7.78. The van der Waals surface area contributed by atoms with Gasteiger partial charge in [-0.3, -0.25) is 0 Å². The highest BCUT2D eigenvalue weighted by atomic mass is 35.5. The smallest absolute Gasteiger partial charge is 0.508 e. The van der Waals surface area contributed by atoms with Crippen molar-refractivity contribution < 1.29 is 30.9 Å². The zero-order valence-corrected chi connectivity index (χ0v) is 13.3. The molecule has 1 N–H and O–H groups in total. The molecule has 4 nitrogen and oxygen atoms in total. The number of benzene rings is 2. The Hall–Kier alpha value is -1.64. The fourth-order valence-corrected chi connectivity index (χ4v) is 2.60. The number of phenols is 1. The molecule has 2 rings (SSSR count). The lowest BCUT2D eigenvalue weighted by molar-refractivity contribution is -0.0500. The summed E-state index contributed by atoms with van der Waals surface area (Å²) in [6.45, 7) is 0. The molecule has 0 aliphatic heterocycles. The summed E-state index contributed by atoms with van der Waals surface area (Å²) >= 11 is 11.7. The summed E-state index contributed by atoms with van der Waals surface area (Å²) in [6.07, 6.45) is 0. The Kier molecular flexibility index (Phi) is 4.70. The molecule has 2 aromatic rings. The molecule has 124 valence electrons.